The third kappa shape index (κ3) is 4.90. The monoisotopic (exact) mass is 365 g/mol. The SMILES string of the molecule is CCNC(=O)/C=C/C(=O)N1CCN(S(=O)(=O)c2ccc(C)cc2)CC1. The molecule has 8 heteroatoms. The minimum Gasteiger partial charge on any atom is -0.353 e. The molecule has 0 spiro atoms. The van der Waals surface area contributed by atoms with Gasteiger partial charge in [-0.15, -0.1) is 0 Å². The Morgan fingerprint density at radius 3 is 2.24 bits per heavy atom. The molecule has 7 nitrogen and oxygen atoms in total. The topological polar surface area (TPSA) is 86.8 Å². The molecule has 0 unspecified atom stereocenters. The third-order valence-corrected chi connectivity index (χ3v) is 5.85. The molecule has 1 saturated heterocycles. The van der Waals surface area contributed by atoms with Crippen LogP contribution in [0.5, 0.6) is 0 Å². The molecule has 1 fully saturated rings. The van der Waals surface area contributed by atoms with Gasteiger partial charge in [0, 0.05) is 44.9 Å². The summed E-state index contributed by atoms with van der Waals surface area (Å²) >= 11 is 0. The highest BCUT2D eigenvalue weighted by atomic mass is 32.2. The molecule has 1 aromatic carbocycles. The van der Waals surface area contributed by atoms with E-state index in [0.717, 1.165) is 5.56 Å². The Kier molecular flexibility index (Phi) is 6.33. The lowest BCUT2D eigenvalue weighted by molar-refractivity contribution is -0.127. The average Bonchev–Trinajstić information content (AvgIpc) is 2.60. The van der Waals surface area contributed by atoms with Gasteiger partial charge in [-0.1, -0.05) is 17.7 Å². The van der Waals surface area contributed by atoms with Crippen molar-refractivity contribution in [3.8, 4) is 0 Å². The Balaban J connectivity index is 1.96. The van der Waals surface area contributed by atoms with E-state index in [2.05, 4.69) is 5.32 Å². The molecule has 0 atom stereocenters. The molecular formula is C17H23N3O4S. The van der Waals surface area contributed by atoms with Crippen molar-refractivity contribution in [2.75, 3.05) is 32.7 Å². The van der Waals surface area contributed by atoms with Crippen LogP contribution >= 0.6 is 0 Å². The summed E-state index contributed by atoms with van der Waals surface area (Å²) in [5.74, 6) is -0.616. The molecule has 1 aliphatic rings. The lowest BCUT2D eigenvalue weighted by Gasteiger charge is -2.33. The van der Waals surface area contributed by atoms with Crippen molar-refractivity contribution in [2.24, 2.45) is 0 Å². The zero-order valence-corrected chi connectivity index (χ0v) is 15.3. The molecule has 2 rings (SSSR count). The Labute approximate surface area is 148 Å². The third-order valence-electron chi connectivity index (χ3n) is 3.94. The summed E-state index contributed by atoms with van der Waals surface area (Å²) in [6, 6.07) is 6.71. The molecule has 1 heterocycles. The number of nitrogens with zero attached hydrogens (tertiary/aromatic N) is 2. The molecule has 1 N–H and O–H groups in total. The van der Waals surface area contributed by atoms with Crippen molar-refractivity contribution >= 4 is 21.8 Å². The summed E-state index contributed by atoms with van der Waals surface area (Å²) in [6.45, 7) is 5.24. The van der Waals surface area contributed by atoms with Gasteiger partial charge in [-0.25, -0.2) is 8.42 Å². The second kappa shape index (κ2) is 8.26. The lowest BCUT2D eigenvalue weighted by Crippen LogP contribution is -2.50. The Hall–Kier alpha value is -2.19. The normalized spacial score (nSPS) is 16.2. The van der Waals surface area contributed by atoms with Crippen LogP contribution in [0.25, 0.3) is 0 Å². The maximum Gasteiger partial charge on any atom is 0.246 e. The van der Waals surface area contributed by atoms with E-state index in [9.17, 15) is 18.0 Å². The number of benzene rings is 1. The van der Waals surface area contributed by atoms with Gasteiger partial charge in [-0.2, -0.15) is 4.31 Å². The van der Waals surface area contributed by atoms with Gasteiger partial charge in [0.25, 0.3) is 0 Å². The van der Waals surface area contributed by atoms with Gasteiger partial charge in [0.1, 0.15) is 0 Å². The summed E-state index contributed by atoms with van der Waals surface area (Å²) in [5, 5.41) is 2.57. The van der Waals surface area contributed by atoms with E-state index < -0.39 is 10.0 Å². The summed E-state index contributed by atoms with van der Waals surface area (Å²) in [5.41, 5.74) is 0.994. The Morgan fingerprint density at radius 1 is 1.08 bits per heavy atom. The first kappa shape index (κ1) is 19.1. The maximum absolute atomic E-state index is 12.6. The van der Waals surface area contributed by atoms with Gasteiger partial charge >= 0.3 is 0 Å². The van der Waals surface area contributed by atoms with Gasteiger partial charge < -0.3 is 10.2 Å². The van der Waals surface area contributed by atoms with Crippen molar-refractivity contribution < 1.29 is 18.0 Å². The van der Waals surface area contributed by atoms with Crippen molar-refractivity contribution in [2.45, 2.75) is 18.7 Å². The zero-order chi connectivity index (χ0) is 18.4. The Bertz CT molecular complexity index is 749. The van der Waals surface area contributed by atoms with E-state index in [1.165, 1.54) is 21.4 Å². The van der Waals surface area contributed by atoms with Crippen molar-refractivity contribution in [1.82, 2.24) is 14.5 Å². The van der Waals surface area contributed by atoms with E-state index in [0.29, 0.717) is 19.6 Å². The predicted molar refractivity (Wildman–Crippen MR) is 94.3 cm³/mol. The molecule has 0 aromatic heterocycles. The number of hydrogen-bond acceptors (Lipinski definition) is 4. The maximum atomic E-state index is 12.6. The highest BCUT2D eigenvalue weighted by Crippen LogP contribution is 2.18. The van der Waals surface area contributed by atoms with Gasteiger partial charge in [0.15, 0.2) is 0 Å². The quantitative estimate of drug-likeness (QED) is 0.771. The fourth-order valence-electron chi connectivity index (χ4n) is 2.49. The molecule has 1 aromatic rings. The fourth-order valence-corrected chi connectivity index (χ4v) is 3.92. The van der Waals surface area contributed by atoms with E-state index >= 15 is 0 Å². The number of piperazine rings is 1. The second-order valence-electron chi connectivity index (χ2n) is 5.77. The molecule has 0 bridgehead atoms. The second-order valence-corrected chi connectivity index (χ2v) is 7.71. The van der Waals surface area contributed by atoms with Crippen LogP contribution < -0.4 is 5.32 Å². The number of carbonyl (C=O) groups is 2. The van der Waals surface area contributed by atoms with Crippen LogP contribution in [0.4, 0.5) is 0 Å². The van der Waals surface area contributed by atoms with Crippen LogP contribution in [0.1, 0.15) is 12.5 Å². The number of hydrogen-bond donors (Lipinski definition) is 1. The van der Waals surface area contributed by atoms with E-state index in [1.807, 2.05) is 6.92 Å². The van der Waals surface area contributed by atoms with Gasteiger partial charge in [-0.3, -0.25) is 9.59 Å². The predicted octanol–water partition coefficient (Wildman–Crippen LogP) is 0.520. The standard InChI is InChI=1S/C17H23N3O4S/c1-3-18-16(21)8-9-17(22)19-10-12-20(13-11-19)25(23,24)15-6-4-14(2)5-7-15/h4-9H,3,10-13H2,1-2H3,(H,18,21)/b9-8+. The highest BCUT2D eigenvalue weighted by molar-refractivity contribution is 7.89. The number of rotatable bonds is 5. The van der Waals surface area contributed by atoms with E-state index in [1.54, 1.807) is 31.2 Å². The first-order valence-corrected chi connectivity index (χ1v) is 9.60. The minimum atomic E-state index is -3.55. The van der Waals surface area contributed by atoms with Crippen LogP contribution in [-0.4, -0.2) is 62.2 Å². The summed E-state index contributed by atoms with van der Waals surface area (Å²) in [6.07, 6.45) is 2.41. The molecule has 1 aliphatic heterocycles. The van der Waals surface area contributed by atoms with Crippen molar-refractivity contribution in [1.29, 1.82) is 0 Å². The van der Waals surface area contributed by atoms with Crippen LogP contribution in [-0.2, 0) is 19.6 Å². The fraction of sp³-hybridized carbons (Fsp3) is 0.412. The molecule has 0 radical (unpaired) electrons. The van der Waals surface area contributed by atoms with Gasteiger partial charge in [0.2, 0.25) is 21.8 Å². The summed E-state index contributed by atoms with van der Waals surface area (Å²) < 4.78 is 26.6. The van der Waals surface area contributed by atoms with Crippen LogP contribution in [0, 0.1) is 6.92 Å². The number of carbonyl (C=O) groups excluding carboxylic acids is 2. The number of aryl methyl sites for hydroxylation is 1. The number of nitrogens with one attached hydrogen (secondary N) is 1. The van der Waals surface area contributed by atoms with Crippen molar-refractivity contribution in [3.05, 3.63) is 42.0 Å². The van der Waals surface area contributed by atoms with Crippen LogP contribution in [0.3, 0.4) is 0 Å². The summed E-state index contributed by atoms with van der Waals surface area (Å²) in [7, 11) is -3.55. The van der Waals surface area contributed by atoms with Gasteiger partial charge in [0.05, 0.1) is 4.90 Å². The molecule has 0 aliphatic carbocycles. The minimum absolute atomic E-state index is 0.233. The number of amides is 2. The first-order chi connectivity index (χ1) is 11.8. The molecular weight excluding hydrogens is 342 g/mol. The highest BCUT2D eigenvalue weighted by Gasteiger charge is 2.29. The first-order valence-electron chi connectivity index (χ1n) is 8.16. The van der Waals surface area contributed by atoms with Crippen molar-refractivity contribution in [3.63, 3.8) is 0 Å². The summed E-state index contributed by atoms with van der Waals surface area (Å²) in [4.78, 5) is 25.2. The van der Waals surface area contributed by atoms with Crippen LogP contribution in [0.2, 0.25) is 0 Å². The number of likely N-dealkylation sites (N-methyl/N-ethyl adjacent to an activating group) is 1. The smallest absolute Gasteiger partial charge is 0.246 e. The zero-order valence-electron chi connectivity index (χ0n) is 14.4. The van der Waals surface area contributed by atoms with Gasteiger partial charge in [-0.05, 0) is 26.0 Å². The lowest BCUT2D eigenvalue weighted by atomic mass is 10.2. The van der Waals surface area contributed by atoms with E-state index in [4.69, 9.17) is 0 Å². The van der Waals surface area contributed by atoms with Crippen LogP contribution in [0.15, 0.2) is 41.3 Å². The van der Waals surface area contributed by atoms with E-state index in [-0.39, 0.29) is 29.8 Å². The molecule has 2 amide bonds. The molecule has 0 saturated carbocycles. The number of sulfonamides is 1. The Morgan fingerprint density at radius 2 is 1.68 bits per heavy atom. The molecule has 25 heavy (non-hydrogen) atoms. The largest absolute Gasteiger partial charge is 0.353 e. The average molecular weight is 365 g/mol. The molecule has 136 valence electrons.